The summed E-state index contributed by atoms with van der Waals surface area (Å²) in [6.45, 7) is 6.52. The number of benzene rings is 2. The highest BCUT2D eigenvalue weighted by atomic mass is 16.5. The van der Waals surface area contributed by atoms with E-state index < -0.39 is 5.97 Å². The van der Waals surface area contributed by atoms with Crippen molar-refractivity contribution in [3.05, 3.63) is 59.7 Å². The smallest absolute Gasteiger partial charge is 0.306 e. The molecule has 0 saturated heterocycles. The summed E-state index contributed by atoms with van der Waals surface area (Å²) in [5, 5.41) is 16.7. The molecule has 1 aromatic heterocycles. The fourth-order valence-electron chi connectivity index (χ4n) is 4.04. The second kappa shape index (κ2) is 9.02. The maximum atomic E-state index is 11.0. The zero-order valence-electron chi connectivity index (χ0n) is 18.2. The predicted octanol–water partition coefficient (Wildman–Crippen LogP) is 5.12. The van der Waals surface area contributed by atoms with Crippen molar-refractivity contribution in [2.24, 2.45) is 11.8 Å². The number of hydrogen-bond acceptors (Lipinski definition) is 5. The van der Waals surface area contributed by atoms with Gasteiger partial charge in [-0.2, -0.15) is 4.98 Å². The summed E-state index contributed by atoms with van der Waals surface area (Å²) < 4.78 is 5.49. The first kappa shape index (κ1) is 21.2. The van der Waals surface area contributed by atoms with E-state index in [4.69, 9.17) is 9.63 Å². The summed E-state index contributed by atoms with van der Waals surface area (Å²) in [7, 11) is 0. The van der Waals surface area contributed by atoms with Crippen molar-refractivity contribution in [2.45, 2.75) is 52.1 Å². The molecule has 0 spiro atoms. The number of nitrogens with one attached hydrogen (secondary N) is 1. The molecule has 1 saturated carbocycles. The number of rotatable bonds is 8. The van der Waals surface area contributed by atoms with E-state index in [1.54, 1.807) is 0 Å². The van der Waals surface area contributed by atoms with Crippen molar-refractivity contribution < 1.29 is 14.4 Å². The van der Waals surface area contributed by atoms with Crippen LogP contribution >= 0.6 is 0 Å². The maximum Gasteiger partial charge on any atom is 0.306 e. The van der Waals surface area contributed by atoms with Crippen molar-refractivity contribution in [3.63, 3.8) is 0 Å². The minimum absolute atomic E-state index is 0.152. The van der Waals surface area contributed by atoms with Gasteiger partial charge in [0.1, 0.15) is 0 Å². The molecule has 1 heterocycles. The third kappa shape index (κ3) is 5.02. The molecule has 2 aromatic carbocycles. The first-order valence-corrected chi connectivity index (χ1v) is 10.9. The largest absolute Gasteiger partial charge is 0.481 e. The Morgan fingerprint density at radius 3 is 2.32 bits per heavy atom. The Hall–Kier alpha value is -2.99. The summed E-state index contributed by atoms with van der Waals surface area (Å²) in [5.74, 6) is 0.809. The van der Waals surface area contributed by atoms with Crippen molar-refractivity contribution in [1.29, 1.82) is 0 Å². The van der Waals surface area contributed by atoms with Crippen molar-refractivity contribution in [3.8, 4) is 22.8 Å². The lowest BCUT2D eigenvalue weighted by atomic mass is 9.80. The van der Waals surface area contributed by atoms with Gasteiger partial charge in [-0.25, -0.2) is 0 Å². The second-order valence-corrected chi connectivity index (χ2v) is 8.93. The number of hydrogen-bond donors (Lipinski definition) is 2. The van der Waals surface area contributed by atoms with E-state index in [1.165, 1.54) is 5.56 Å². The fraction of sp³-hybridized carbons (Fsp3) is 0.400. The molecule has 1 aliphatic carbocycles. The van der Waals surface area contributed by atoms with Gasteiger partial charge in [-0.1, -0.05) is 55.4 Å². The van der Waals surface area contributed by atoms with Gasteiger partial charge in [-0.05, 0) is 55.4 Å². The average Bonchev–Trinajstić information content (AvgIpc) is 3.20. The molecule has 2 N–H and O–H groups in total. The molecule has 162 valence electrons. The third-order valence-corrected chi connectivity index (χ3v) is 5.91. The first-order valence-electron chi connectivity index (χ1n) is 10.9. The Balaban J connectivity index is 1.38. The molecule has 0 bridgehead atoms. The van der Waals surface area contributed by atoms with Crippen LogP contribution in [0, 0.1) is 11.8 Å². The highest BCUT2D eigenvalue weighted by Crippen LogP contribution is 2.30. The molecule has 3 aromatic rings. The second-order valence-electron chi connectivity index (χ2n) is 8.93. The number of nitrogens with zero attached hydrogens (tertiary/aromatic N) is 2. The van der Waals surface area contributed by atoms with E-state index in [0.717, 1.165) is 23.1 Å². The molecule has 1 aliphatic rings. The predicted molar refractivity (Wildman–Crippen MR) is 119 cm³/mol. The van der Waals surface area contributed by atoms with Crippen molar-refractivity contribution >= 4 is 5.97 Å². The molecular weight excluding hydrogens is 390 g/mol. The van der Waals surface area contributed by atoms with Gasteiger partial charge in [0.2, 0.25) is 5.82 Å². The zero-order valence-corrected chi connectivity index (χ0v) is 18.2. The lowest BCUT2D eigenvalue weighted by Crippen LogP contribution is -2.45. The lowest BCUT2D eigenvalue weighted by Gasteiger charge is -2.35. The Bertz CT molecular complexity index is 1020. The minimum atomic E-state index is -0.693. The van der Waals surface area contributed by atoms with E-state index in [1.807, 2.05) is 24.3 Å². The van der Waals surface area contributed by atoms with Crippen LogP contribution in [0.15, 0.2) is 53.1 Å². The number of carbonyl (C=O) groups is 1. The van der Waals surface area contributed by atoms with Crippen LogP contribution in [0.1, 0.15) is 50.8 Å². The van der Waals surface area contributed by atoms with Gasteiger partial charge in [0, 0.05) is 23.2 Å². The van der Waals surface area contributed by atoms with Gasteiger partial charge in [0.05, 0.1) is 5.92 Å². The summed E-state index contributed by atoms with van der Waals surface area (Å²) in [4.78, 5) is 15.5. The minimum Gasteiger partial charge on any atom is -0.481 e. The topological polar surface area (TPSA) is 88.2 Å². The van der Waals surface area contributed by atoms with Crippen LogP contribution in [-0.4, -0.2) is 27.3 Å². The van der Waals surface area contributed by atoms with Crippen molar-refractivity contribution in [2.75, 3.05) is 0 Å². The van der Waals surface area contributed by atoms with Gasteiger partial charge in [-0.3, -0.25) is 4.79 Å². The number of carboxylic acids is 1. The van der Waals surface area contributed by atoms with E-state index in [9.17, 15) is 4.79 Å². The van der Waals surface area contributed by atoms with E-state index in [-0.39, 0.29) is 18.0 Å². The number of aromatic nitrogens is 2. The normalized spacial score (nSPS) is 19.2. The summed E-state index contributed by atoms with van der Waals surface area (Å²) >= 11 is 0. The molecule has 6 heteroatoms. The Kier molecular flexibility index (Phi) is 6.18. The molecule has 0 amide bonds. The molecule has 31 heavy (non-hydrogen) atoms. The van der Waals surface area contributed by atoms with Crippen molar-refractivity contribution in [1.82, 2.24) is 15.5 Å². The molecule has 1 atom stereocenters. The Morgan fingerprint density at radius 2 is 1.71 bits per heavy atom. The molecular formula is C25H29N3O3. The van der Waals surface area contributed by atoms with Crippen LogP contribution in [0.2, 0.25) is 0 Å². The lowest BCUT2D eigenvalue weighted by molar-refractivity contribution is -0.145. The summed E-state index contributed by atoms with van der Waals surface area (Å²) in [5.41, 5.74) is 4.27. The maximum absolute atomic E-state index is 11.0. The molecule has 0 aliphatic heterocycles. The zero-order chi connectivity index (χ0) is 22.0. The van der Waals surface area contributed by atoms with Gasteiger partial charge in [-0.15, -0.1) is 0 Å². The third-order valence-electron chi connectivity index (χ3n) is 5.91. The van der Waals surface area contributed by atoms with E-state index in [0.29, 0.717) is 30.5 Å². The van der Waals surface area contributed by atoms with Crippen LogP contribution in [0.3, 0.4) is 0 Å². The first-order chi connectivity index (χ1) is 14.9. The summed E-state index contributed by atoms with van der Waals surface area (Å²) in [6, 6.07) is 16.8. The monoisotopic (exact) mass is 419 g/mol. The van der Waals surface area contributed by atoms with Gasteiger partial charge >= 0.3 is 5.97 Å². The number of carboxylic acid groups (broad SMARTS) is 1. The highest BCUT2D eigenvalue weighted by Gasteiger charge is 2.34. The van der Waals surface area contributed by atoms with Crippen LogP contribution < -0.4 is 5.32 Å². The van der Waals surface area contributed by atoms with Crippen LogP contribution in [-0.2, 0) is 11.2 Å². The molecule has 1 fully saturated rings. The Labute approximate surface area is 182 Å². The highest BCUT2D eigenvalue weighted by molar-refractivity contribution is 5.71. The van der Waals surface area contributed by atoms with Gasteiger partial charge < -0.3 is 14.9 Å². The average molecular weight is 420 g/mol. The Morgan fingerprint density at radius 1 is 1.06 bits per heavy atom. The quantitative estimate of drug-likeness (QED) is 0.527. The van der Waals surface area contributed by atoms with Crippen LogP contribution in [0.25, 0.3) is 22.8 Å². The molecule has 0 radical (unpaired) electrons. The molecule has 4 rings (SSSR count). The van der Waals surface area contributed by atoms with Crippen LogP contribution in [0.4, 0.5) is 0 Å². The van der Waals surface area contributed by atoms with Crippen LogP contribution in [0.5, 0.6) is 0 Å². The standard InChI is InChI=1S/C25H29N3O3/c1-15(2)12-17-4-6-20(7-5-17)24-27-23(28-31-24)19-10-8-18(9-11-19)16(3)26-22-13-21(14-22)25(29)30/h4-11,15-16,21-22,26H,12-14H2,1-3H3,(H,29,30)/t16-,21?,22?/m1/s1. The van der Waals surface area contributed by atoms with E-state index >= 15 is 0 Å². The molecule has 6 nitrogen and oxygen atoms in total. The summed E-state index contributed by atoms with van der Waals surface area (Å²) in [6.07, 6.45) is 2.44. The van der Waals surface area contributed by atoms with Gasteiger partial charge in [0.25, 0.3) is 5.89 Å². The van der Waals surface area contributed by atoms with Gasteiger partial charge in [0.15, 0.2) is 0 Å². The SMILES string of the molecule is CC(C)Cc1ccc(-c2nc(-c3ccc([C@@H](C)NC4CC(C(=O)O)C4)cc3)no2)cc1. The molecule has 0 unspecified atom stereocenters. The fourth-order valence-corrected chi connectivity index (χ4v) is 4.04. The number of aliphatic carboxylic acids is 1. The van der Waals surface area contributed by atoms with E-state index in [2.05, 4.69) is 60.5 Å².